The van der Waals surface area contributed by atoms with E-state index in [0.29, 0.717) is 11.9 Å². The number of benzene rings is 1. The molecular formula is C19H22N4O. The molecule has 2 heterocycles. The number of likely N-dealkylation sites (tertiary alicyclic amines) is 1. The molecule has 5 nitrogen and oxygen atoms in total. The van der Waals surface area contributed by atoms with Crippen molar-refractivity contribution in [2.24, 2.45) is 5.92 Å². The SMILES string of the molecule is Cc1ccc(Nc2cccc(C(=O)N3CC[C@@H]4CCC[C@@H]43)c2)nn1. The molecule has 0 radical (unpaired) electrons. The minimum Gasteiger partial charge on any atom is -0.339 e. The van der Waals surface area contributed by atoms with Crippen LogP contribution in [0, 0.1) is 12.8 Å². The summed E-state index contributed by atoms with van der Waals surface area (Å²) in [7, 11) is 0. The summed E-state index contributed by atoms with van der Waals surface area (Å²) in [5.74, 6) is 1.56. The van der Waals surface area contributed by atoms with Gasteiger partial charge in [0.1, 0.15) is 0 Å². The summed E-state index contributed by atoms with van der Waals surface area (Å²) < 4.78 is 0. The highest BCUT2D eigenvalue weighted by atomic mass is 16.2. The van der Waals surface area contributed by atoms with Crippen molar-refractivity contribution in [3.8, 4) is 0 Å². The topological polar surface area (TPSA) is 58.1 Å². The van der Waals surface area contributed by atoms with Crippen molar-refractivity contribution in [3.63, 3.8) is 0 Å². The Morgan fingerprint density at radius 1 is 1.17 bits per heavy atom. The molecule has 24 heavy (non-hydrogen) atoms. The molecule has 5 heteroatoms. The van der Waals surface area contributed by atoms with Gasteiger partial charge >= 0.3 is 0 Å². The summed E-state index contributed by atoms with van der Waals surface area (Å²) in [4.78, 5) is 15.0. The zero-order valence-electron chi connectivity index (χ0n) is 13.9. The van der Waals surface area contributed by atoms with Gasteiger partial charge in [0.05, 0.1) is 5.69 Å². The molecule has 4 rings (SSSR count). The molecule has 1 saturated carbocycles. The van der Waals surface area contributed by atoms with Gasteiger partial charge < -0.3 is 10.2 Å². The third kappa shape index (κ3) is 2.86. The number of hydrogen-bond donors (Lipinski definition) is 1. The molecule has 1 aromatic heterocycles. The first-order chi connectivity index (χ1) is 11.7. The maximum atomic E-state index is 12.9. The smallest absolute Gasteiger partial charge is 0.254 e. The van der Waals surface area contributed by atoms with Gasteiger partial charge in [0.2, 0.25) is 0 Å². The first-order valence-corrected chi connectivity index (χ1v) is 8.69. The summed E-state index contributed by atoms with van der Waals surface area (Å²) in [6.07, 6.45) is 4.86. The second-order valence-electron chi connectivity index (χ2n) is 6.81. The third-order valence-corrected chi connectivity index (χ3v) is 5.20. The maximum Gasteiger partial charge on any atom is 0.254 e. The number of anilines is 2. The number of amides is 1. The number of fused-ring (bicyclic) bond motifs is 1. The van der Waals surface area contributed by atoms with Crippen molar-refractivity contribution in [2.45, 2.75) is 38.6 Å². The van der Waals surface area contributed by atoms with Crippen LogP contribution in [-0.4, -0.2) is 33.6 Å². The summed E-state index contributed by atoms with van der Waals surface area (Å²) in [6, 6.07) is 11.9. The van der Waals surface area contributed by atoms with E-state index in [1.165, 1.54) is 12.8 Å². The van der Waals surface area contributed by atoms with Crippen molar-refractivity contribution < 1.29 is 4.79 Å². The average molecular weight is 322 g/mol. The number of aryl methyl sites for hydroxylation is 1. The van der Waals surface area contributed by atoms with Crippen molar-refractivity contribution in [2.75, 3.05) is 11.9 Å². The highest BCUT2D eigenvalue weighted by Crippen LogP contribution is 2.38. The van der Waals surface area contributed by atoms with Gasteiger partial charge in [-0.25, -0.2) is 0 Å². The zero-order valence-corrected chi connectivity index (χ0v) is 13.9. The first kappa shape index (κ1) is 15.1. The van der Waals surface area contributed by atoms with Gasteiger partial charge in [-0.05, 0) is 62.4 Å². The largest absolute Gasteiger partial charge is 0.339 e. The Hall–Kier alpha value is -2.43. The second kappa shape index (κ2) is 6.23. The van der Waals surface area contributed by atoms with Crippen LogP contribution < -0.4 is 5.32 Å². The fraction of sp³-hybridized carbons (Fsp3) is 0.421. The quantitative estimate of drug-likeness (QED) is 0.939. The first-order valence-electron chi connectivity index (χ1n) is 8.69. The van der Waals surface area contributed by atoms with E-state index in [-0.39, 0.29) is 5.91 Å². The molecule has 0 unspecified atom stereocenters. The molecule has 2 atom stereocenters. The van der Waals surface area contributed by atoms with E-state index in [1.807, 2.05) is 43.3 Å². The molecule has 1 saturated heterocycles. The van der Waals surface area contributed by atoms with Crippen LogP contribution in [-0.2, 0) is 0 Å². The Kier molecular flexibility index (Phi) is 3.92. The van der Waals surface area contributed by atoms with E-state index in [2.05, 4.69) is 20.4 Å². The predicted molar refractivity (Wildman–Crippen MR) is 93.3 cm³/mol. The predicted octanol–water partition coefficient (Wildman–Crippen LogP) is 3.54. The highest BCUT2D eigenvalue weighted by molar-refractivity contribution is 5.95. The van der Waals surface area contributed by atoms with Crippen LogP contribution in [0.2, 0.25) is 0 Å². The van der Waals surface area contributed by atoms with Gasteiger partial charge in [-0.2, -0.15) is 5.10 Å². The van der Waals surface area contributed by atoms with E-state index in [1.54, 1.807) is 0 Å². The van der Waals surface area contributed by atoms with Crippen LogP contribution in [0.1, 0.15) is 41.7 Å². The van der Waals surface area contributed by atoms with Crippen LogP contribution in [0.25, 0.3) is 0 Å². The fourth-order valence-electron chi connectivity index (χ4n) is 4.00. The average Bonchev–Trinajstić information content (AvgIpc) is 3.20. The lowest BCUT2D eigenvalue weighted by Crippen LogP contribution is -2.35. The Labute approximate surface area is 142 Å². The third-order valence-electron chi connectivity index (χ3n) is 5.20. The molecule has 1 aromatic carbocycles. The van der Waals surface area contributed by atoms with Gasteiger partial charge in [-0.3, -0.25) is 4.79 Å². The molecule has 1 amide bonds. The van der Waals surface area contributed by atoms with Crippen LogP contribution in [0.3, 0.4) is 0 Å². The summed E-state index contributed by atoms with van der Waals surface area (Å²) >= 11 is 0. The number of aromatic nitrogens is 2. The highest BCUT2D eigenvalue weighted by Gasteiger charge is 2.39. The van der Waals surface area contributed by atoms with E-state index in [9.17, 15) is 4.79 Å². The van der Waals surface area contributed by atoms with Crippen molar-refractivity contribution in [3.05, 3.63) is 47.7 Å². The van der Waals surface area contributed by atoms with Crippen LogP contribution in [0.15, 0.2) is 36.4 Å². The molecule has 2 aliphatic rings. The minimum absolute atomic E-state index is 0.156. The number of nitrogens with zero attached hydrogens (tertiary/aromatic N) is 3. The van der Waals surface area contributed by atoms with E-state index in [0.717, 1.165) is 42.2 Å². The lowest BCUT2D eigenvalue weighted by Gasteiger charge is -2.24. The molecule has 2 aromatic rings. The summed E-state index contributed by atoms with van der Waals surface area (Å²) in [6.45, 7) is 2.80. The zero-order chi connectivity index (χ0) is 16.5. The van der Waals surface area contributed by atoms with E-state index >= 15 is 0 Å². The van der Waals surface area contributed by atoms with Gasteiger partial charge in [0.15, 0.2) is 5.82 Å². The Morgan fingerprint density at radius 3 is 2.92 bits per heavy atom. The summed E-state index contributed by atoms with van der Waals surface area (Å²) in [5, 5.41) is 11.4. The van der Waals surface area contributed by atoms with E-state index < -0.39 is 0 Å². The normalized spacial score (nSPS) is 22.5. The Balaban J connectivity index is 1.51. The number of hydrogen-bond acceptors (Lipinski definition) is 4. The van der Waals surface area contributed by atoms with Crippen LogP contribution in [0.5, 0.6) is 0 Å². The lowest BCUT2D eigenvalue weighted by atomic mass is 10.0. The van der Waals surface area contributed by atoms with Crippen LogP contribution in [0.4, 0.5) is 11.5 Å². The van der Waals surface area contributed by atoms with Crippen LogP contribution >= 0.6 is 0 Å². The molecule has 124 valence electrons. The number of nitrogens with one attached hydrogen (secondary N) is 1. The van der Waals surface area contributed by atoms with Gasteiger partial charge in [-0.15, -0.1) is 5.10 Å². The van der Waals surface area contributed by atoms with Gasteiger partial charge in [-0.1, -0.05) is 12.5 Å². The number of rotatable bonds is 3. The molecule has 0 spiro atoms. The monoisotopic (exact) mass is 322 g/mol. The molecular weight excluding hydrogens is 300 g/mol. The molecule has 1 N–H and O–H groups in total. The van der Waals surface area contributed by atoms with Gasteiger partial charge in [0, 0.05) is 23.8 Å². The Bertz CT molecular complexity index is 743. The maximum absolute atomic E-state index is 12.9. The molecule has 1 aliphatic carbocycles. The van der Waals surface area contributed by atoms with Crippen molar-refractivity contribution in [1.82, 2.24) is 15.1 Å². The number of carbonyl (C=O) groups excluding carboxylic acids is 1. The molecule has 2 fully saturated rings. The van der Waals surface area contributed by atoms with Crippen molar-refractivity contribution in [1.29, 1.82) is 0 Å². The molecule has 1 aliphatic heterocycles. The fourth-order valence-corrected chi connectivity index (χ4v) is 4.00. The van der Waals surface area contributed by atoms with Crippen molar-refractivity contribution >= 4 is 17.4 Å². The van der Waals surface area contributed by atoms with Gasteiger partial charge in [0.25, 0.3) is 5.91 Å². The minimum atomic E-state index is 0.156. The second-order valence-corrected chi connectivity index (χ2v) is 6.81. The van der Waals surface area contributed by atoms with E-state index in [4.69, 9.17) is 0 Å². The standard InChI is InChI=1S/C19H22N4O/c1-13-8-9-18(22-21-13)20-16-6-2-5-15(12-16)19(24)23-11-10-14-4-3-7-17(14)23/h2,5-6,8-9,12,14,17H,3-4,7,10-11H2,1H3,(H,20,22)/t14-,17-/m0/s1. The lowest BCUT2D eigenvalue weighted by molar-refractivity contribution is 0.0729. The molecule has 0 bridgehead atoms. The Morgan fingerprint density at radius 2 is 2.08 bits per heavy atom. The number of carbonyl (C=O) groups is 1. The summed E-state index contributed by atoms with van der Waals surface area (Å²) in [5.41, 5.74) is 2.48.